The highest BCUT2D eigenvalue weighted by Crippen LogP contribution is 2.32. The molecule has 0 unspecified atom stereocenters. The first kappa shape index (κ1) is 36.2. The van der Waals surface area contributed by atoms with Crippen LogP contribution in [0.25, 0.3) is 33.1 Å². The van der Waals surface area contributed by atoms with E-state index < -0.39 is 11.4 Å². The molecule has 0 aliphatic heterocycles. The lowest BCUT2D eigenvalue weighted by Crippen LogP contribution is -1.91. The number of aromatic amines is 2. The van der Waals surface area contributed by atoms with Crippen LogP contribution in [0.15, 0.2) is 64.1 Å². The monoisotopic (exact) mass is 846 g/mol. The number of benzene rings is 2. The van der Waals surface area contributed by atoms with E-state index in [2.05, 4.69) is 61.8 Å². The van der Waals surface area contributed by atoms with E-state index in [1.165, 1.54) is 12.1 Å². The van der Waals surface area contributed by atoms with Gasteiger partial charge >= 0.3 is 11.4 Å². The van der Waals surface area contributed by atoms with Gasteiger partial charge < -0.3 is 9.97 Å². The summed E-state index contributed by atoms with van der Waals surface area (Å²) in [6.07, 6.45) is 6.81. The maximum Gasteiger partial charge on any atom is 0.643 e. The molecule has 17 heteroatoms. The molecule has 0 atom stereocenters. The van der Waals surface area contributed by atoms with Gasteiger partial charge in [-0.3, -0.25) is 0 Å². The molecule has 0 fully saturated rings. The van der Waals surface area contributed by atoms with E-state index in [4.69, 9.17) is 65.0 Å². The van der Waals surface area contributed by atoms with E-state index in [0.717, 1.165) is 38.5 Å². The molecule has 6 nitrogen and oxygen atoms in total. The number of aromatic nitrogens is 6. The van der Waals surface area contributed by atoms with E-state index in [1.54, 1.807) is 36.9 Å². The summed E-state index contributed by atoms with van der Waals surface area (Å²) in [6.45, 7) is 3.71. The second-order valence-electron chi connectivity index (χ2n) is 8.38. The molecule has 0 saturated heterocycles. The Bertz CT molecular complexity index is 1820. The molecule has 0 radical (unpaired) electrons. The van der Waals surface area contributed by atoms with E-state index in [9.17, 15) is 8.78 Å². The van der Waals surface area contributed by atoms with Gasteiger partial charge in [0.05, 0.1) is 14.6 Å². The van der Waals surface area contributed by atoms with Gasteiger partial charge in [-0.1, -0.05) is 11.6 Å². The van der Waals surface area contributed by atoms with Gasteiger partial charge in [0.1, 0.15) is 16.8 Å². The van der Waals surface area contributed by atoms with Gasteiger partial charge in [0.25, 0.3) is 0 Å². The molecule has 0 saturated carbocycles. The molecule has 6 aromatic rings. The lowest BCUT2D eigenvalue weighted by molar-refractivity contribution is 0.622. The normalized spacial score (nSPS) is 10.3. The minimum atomic E-state index is -1.72. The molecule has 0 amide bonds. The Morgan fingerprint density at radius 2 is 1.33 bits per heavy atom. The summed E-state index contributed by atoms with van der Waals surface area (Å²) >= 11 is 21.4. The van der Waals surface area contributed by atoms with Crippen molar-refractivity contribution < 1.29 is 8.78 Å². The summed E-state index contributed by atoms with van der Waals surface area (Å²) in [5, 5.41) is 2.43. The van der Waals surface area contributed by atoms with Gasteiger partial charge in [-0.2, -0.15) is 0 Å². The molecule has 43 heavy (non-hydrogen) atoms. The number of fused-ring (bicyclic) bond motifs is 2. The lowest BCUT2D eigenvalue weighted by Gasteiger charge is -2.04. The predicted molar refractivity (Wildman–Crippen MR) is 183 cm³/mol. The highest BCUT2D eigenvalue weighted by atomic mass is 79.9. The van der Waals surface area contributed by atoms with Crippen molar-refractivity contribution in [2.24, 2.45) is 0 Å². The molecule has 0 spiro atoms. The van der Waals surface area contributed by atoms with Gasteiger partial charge in [-0.25, -0.2) is 58.9 Å². The third-order valence-electron chi connectivity index (χ3n) is 5.39. The molecule has 2 N–H and O–H groups in total. The molecule has 4 aromatic heterocycles. The van der Waals surface area contributed by atoms with E-state index in [1.807, 2.05) is 19.9 Å². The predicted octanol–water partition coefficient (Wildman–Crippen LogP) is 11.3. The number of aryl methyl sites for hydroxylation is 2. The Balaban J connectivity index is 0.000000179. The zero-order valence-corrected chi connectivity index (χ0v) is 30.7. The number of nitrogens with one attached hydrogen (secondary N) is 2. The second-order valence-corrected chi connectivity index (χ2v) is 17.6. The SMILES string of the molecule is Cc1cnc(Cl)nc1-c1c[nH]c2cc(Br)c(F)cc12.Cc1cnc(Cl)nc1Cl.Fc1cc2cc[nH]c2cc1Br.[Cl][Al]([Cl])[Cl]. The molecule has 224 valence electrons. The Morgan fingerprint density at radius 3 is 1.93 bits per heavy atom. The first-order valence-corrected chi connectivity index (χ1v) is 19.7. The maximum absolute atomic E-state index is 13.7. The third kappa shape index (κ3) is 10.7. The number of H-pyrrole nitrogens is 2. The van der Waals surface area contributed by atoms with Crippen molar-refractivity contribution in [2.45, 2.75) is 13.8 Å². The molecule has 0 bridgehead atoms. The van der Waals surface area contributed by atoms with Gasteiger partial charge in [0.2, 0.25) is 10.6 Å². The average Bonchev–Trinajstić information content (AvgIpc) is 3.55. The number of halogens is 10. The minimum absolute atomic E-state index is 0.174. The smallest absolute Gasteiger partial charge is 0.361 e. The zero-order chi connectivity index (χ0) is 31.8. The van der Waals surface area contributed by atoms with Crippen molar-refractivity contribution in [1.29, 1.82) is 0 Å². The van der Waals surface area contributed by atoms with E-state index in [-0.39, 0.29) is 22.2 Å². The van der Waals surface area contributed by atoms with Crippen molar-refractivity contribution in [3.8, 4) is 11.3 Å². The lowest BCUT2D eigenvalue weighted by atomic mass is 10.1. The molecule has 4 heterocycles. The maximum atomic E-state index is 13.7. The summed E-state index contributed by atoms with van der Waals surface area (Å²) in [4.78, 5) is 21.6. The Morgan fingerprint density at radius 1 is 0.767 bits per heavy atom. The van der Waals surface area contributed by atoms with Crippen molar-refractivity contribution in [3.05, 3.63) is 103 Å². The summed E-state index contributed by atoms with van der Waals surface area (Å²) < 4.78 is 27.5. The quantitative estimate of drug-likeness (QED) is 0.0981. The number of hydrogen-bond donors (Lipinski definition) is 2. The van der Waals surface area contributed by atoms with Crippen LogP contribution in [-0.2, 0) is 0 Å². The van der Waals surface area contributed by atoms with E-state index >= 15 is 0 Å². The second kappa shape index (κ2) is 16.9. The summed E-state index contributed by atoms with van der Waals surface area (Å²) in [5.74, 6) is -0.539. The van der Waals surface area contributed by atoms with Crippen LogP contribution in [0, 0.1) is 25.5 Å². The summed E-state index contributed by atoms with van der Waals surface area (Å²) in [6, 6.07) is 8.23. The Hall–Kier alpha value is -1.23. The largest absolute Gasteiger partial charge is 0.643 e. The van der Waals surface area contributed by atoms with Crippen LogP contribution in [0.1, 0.15) is 11.1 Å². The molecular formula is C26H17AlBr2Cl6F2N6. The number of rotatable bonds is 1. The van der Waals surface area contributed by atoms with Crippen LogP contribution >= 0.6 is 96.8 Å². The molecule has 0 aliphatic carbocycles. The van der Waals surface area contributed by atoms with Gasteiger partial charge in [-0.15, -0.1) is 0 Å². The first-order valence-electron chi connectivity index (χ1n) is 11.7. The average molecular weight is 851 g/mol. The fraction of sp³-hybridized carbons (Fsp3) is 0.0769. The van der Waals surface area contributed by atoms with Crippen LogP contribution in [0.4, 0.5) is 8.78 Å². The van der Waals surface area contributed by atoms with Crippen LogP contribution < -0.4 is 0 Å². The van der Waals surface area contributed by atoms with Crippen molar-refractivity contribution in [2.75, 3.05) is 0 Å². The summed E-state index contributed by atoms with van der Waals surface area (Å²) in [5.41, 5.74) is 5.00. The molecule has 6 rings (SSSR count). The molecule has 2 aromatic carbocycles. The number of hydrogen-bond acceptors (Lipinski definition) is 4. The van der Waals surface area contributed by atoms with Crippen LogP contribution in [0.3, 0.4) is 0 Å². The standard InChI is InChI=1S/C13H8BrClFN3.C8H5BrFN.C5H4Cl2N2.Al.3ClH/c1-6-4-18-13(15)19-12(6)8-5-17-11-3-9(14)10(16)2-7(8)11;9-6-4-8-5(1-2-11-8)3-7(6)10;1-3-2-8-5(7)9-4(3)6;;;;/h2-5,17H,1H3;1-4,11H;2H,1H3;;3*1H/q;;;+3;;;/p-3. The fourth-order valence-corrected chi connectivity index (χ4v) is 4.58. The van der Waals surface area contributed by atoms with Crippen LogP contribution in [0.2, 0.25) is 15.7 Å². The van der Waals surface area contributed by atoms with E-state index in [0.29, 0.717) is 19.8 Å². The van der Waals surface area contributed by atoms with Gasteiger partial charge in [0.15, 0.2) is 0 Å². The number of nitrogens with zero attached hydrogens (tertiary/aromatic N) is 4. The summed E-state index contributed by atoms with van der Waals surface area (Å²) in [7, 11) is 14.8. The van der Waals surface area contributed by atoms with Crippen molar-refractivity contribution in [3.63, 3.8) is 0 Å². The first-order chi connectivity index (χ1) is 20.3. The minimum Gasteiger partial charge on any atom is -0.361 e. The highest BCUT2D eigenvalue weighted by molar-refractivity contribution is 9.10. The Labute approximate surface area is 293 Å². The Kier molecular flexibility index (Phi) is 14.2. The third-order valence-corrected chi connectivity index (χ3v) is 7.36. The topological polar surface area (TPSA) is 83.1 Å². The molecule has 0 aliphatic rings. The van der Waals surface area contributed by atoms with Crippen molar-refractivity contribution in [1.82, 2.24) is 29.9 Å². The zero-order valence-electron chi connectivity index (χ0n) is 21.8. The molecular weight excluding hydrogens is 834 g/mol. The van der Waals surface area contributed by atoms with Crippen molar-refractivity contribution >= 4 is 130 Å². The highest BCUT2D eigenvalue weighted by Gasteiger charge is 2.13. The van der Waals surface area contributed by atoms with Crippen LogP contribution in [-0.4, -0.2) is 41.3 Å². The van der Waals surface area contributed by atoms with Gasteiger partial charge in [0, 0.05) is 57.7 Å². The fourth-order valence-electron chi connectivity index (χ4n) is 3.45. The van der Waals surface area contributed by atoms with Gasteiger partial charge in [-0.05, 0) is 105 Å². The van der Waals surface area contributed by atoms with Crippen LogP contribution in [0.5, 0.6) is 0 Å².